The van der Waals surface area contributed by atoms with Crippen LogP contribution in [0.5, 0.6) is 5.75 Å². The summed E-state index contributed by atoms with van der Waals surface area (Å²) in [5, 5.41) is 3.11. The van der Waals surface area contributed by atoms with E-state index in [0.717, 1.165) is 18.7 Å². The monoisotopic (exact) mass is 213 g/mol. The van der Waals surface area contributed by atoms with Gasteiger partial charge in [-0.3, -0.25) is 0 Å². The van der Waals surface area contributed by atoms with Crippen molar-refractivity contribution in [3.63, 3.8) is 0 Å². The molecule has 1 aromatic rings. The fourth-order valence-corrected chi connectivity index (χ4v) is 1.07. The lowest BCUT2D eigenvalue weighted by molar-refractivity contribution is -0.0498. The zero-order chi connectivity index (χ0) is 11.1. The first-order valence-electron chi connectivity index (χ1n) is 4.62. The van der Waals surface area contributed by atoms with Gasteiger partial charge in [-0.1, -0.05) is 6.08 Å². The van der Waals surface area contributed by atoms with Crippen molar-refractivity contribution in [2.24, 2.45) is 0 Å². The maximum absolute atomic E-state index is 11.8. The lowest BCUT2D eigenvalue weighted by Crippen LogP contribution is -2.02. The summed E-state index contributed by atoms with van der Waals surface area (Å²) in [6.45, 7) is 1.60. The van der Waals surface area contributed by atoms with Crippen LogP contribution >= 0.6 is 0 Å². The maximum Gasteiger partial charge on any atom is 0.387 e. The van der Waals surface area contributed by atoms with Crippen LogP contribution < -0.4 is 10.1 Å². The lowest BCUT2D eigenvalue weighted by Gasteiger charge is -2.07. The molecule has 0 unspecified atom stereocenters. The average Bonchev–Trinajstić information content (AvgIpc) is 2.20. The van der Waals surface area contributed by atoms with Crippen molar-refractivity contribution in [3.8, 4) is 5.75 Å². The molecule has 0 saturated carbocycles. The molecule has 1 rings (SSSR count). The molecule has 0 aliphatic rings. The summed E-state index contributed by atoms with van der Waals surface area (Å²) in [5.41, 5.74) is 0.874. The molecule has 0 heterocycles. The first-order valence-corrected chi connectivity index (χ1v) is 4.62. The molecule has 0 atom stereocenters. The third-order valence-electron chi connectivity index (χ3n) is 1.76. The van der Waals surface area contributed by atoms with Crippen LogP contribution in [0.3, 0.4) is 0 Å². The molecule has 0 aromatic heterocycles. The predicted octanol–water partition coefficient (Wildman–Crippen LogP) is 3.28. The van der Waals surface area contributed by atoms with E-state index >= 15 is 0 Å². The summed E-state index contributed by atoms with van der Waals surface area (Å²) in [6.07, 6.45) is 2.66. The molecule has 4 heteroatoms. The normalized spacial score (nSPS) is 10.1. The van der Waals surface area contributed by atoms with Crippen molar-refractivity contribution in [1.82, 2.24) is 0 Å². The Morgan fingerprint density at radius 3 is 2.53 bits per heavy atom. The molecule has 82 valence electrons. The van der Waals surface area contributed by atoms with Gasteiger partial charge in [0.05, 0.1) is 0 Å². The number of halogens is 2. The highest BCUT2D eigenvalue weighted by molar-refractivity contribution is 5.46. The molecular formula is C11H13F2NO. The van der Waals surface area contributed by atoms with Crippen molar-refractivity contribution >= 4 is 5.69 Å². The first-order chi connectivity index (χ1) is 7.22. The van der Waals surface area contributed by atoms with Gasteiger partial charge in [0, 0.05) is 12.2 Å². The molecule has 1 aromatic carbocycles. The van der Waals surface area contributed by atoms with Crippen LogP contribution in [0, 0.1) is 0 Å². The van der Waals surface area contributed by atoms with E-state index in [1.807, 2.05) is 0 Å². The maximum atomic E-state index is 11.8. The molecule has 0 aliphatic carbocycles. The molecule has 0 saturated heterocycles. The summed E-state index contributed by atoms with van der Waals surface area (Å²) >= 11 is 0. The van der Waals surface area contributed by atoms with Gasteiger partial charge in [0.1, 0.15) is 5.75 Å². The fraction of sp³-hybridized carbons (Fsp3) is 0.273. The molecule has 2 nitrogen and oxygen atoms in total. The molecule has 0 radical (unpaired) electrons. The second-order valence-corrected chi connectivity index (χ2v) is 2.91. The zero-order valence-corrected chi connectivity index (χ0v) is 8.25. The SMILES string of the molecule is C=CCCNc1ccc(OC(F)F)cc1. The summed E-state index contributed by atoms with van der Waals surface area (Å²) in [7, 11) is 0. The number of hydrogen-bond acceptors (Lipinski definition) is 2. The Bertz CT molecular complexity index is 298. The Hall–Kier alpha value is -1.58. The number of anilines is 1. The van der Waals surface area contributed by atoms with Crippen LogP contribution in [-0.2, 0) is 0 Å². The smallest absolute Gasteiger partial charge is 0.387 e. The van der Waals surface area contributed by atoms with Gasteiger partial charge in [-0.25, -0.2) is 0 Å². The minimum absolute atomic E-state index is 0.166. The highest BCUT2D eigenvalue weighted by Crippen LogP contribution is 2.17. The van der Waals surface area contributed by atoms with Crippen molar-refractivity contribution in [3.05, 3.63) is 36.9 Å². The Morgan fingerprint density at radius 1 is 1.33 bits per heavy atom. The minimum Gasteiger partial charge on any atom is -0.435 e. The molecular weight excluding hydrogens is 200 g/mol. The number of benzene rings is 1. The zero-order valence-electron chi connectivity index (χ0n) is 8.25. The summed E-state index contributed by atoms with van der Waals surface area (Å²) < 4.78 is 27.9. The molecule has 15 heavy (non-hydrogen) atoms. The first kappa shape index (κ1) is 11.5. The van der Waals surface area contributed by atoms with Gasteiger partial charge in [-0.15, -0.1) is 6.58 Å². The summed E-state index contributed by atoms with van der Waals surface area (Å²) in [5.74, 6) is 0.166. The molecule has 1 N–H and O–H groups in total. The quantitative estimate of drug-likeness (QED) is 0.578. The Morgan fingerprint density at radius 2 is 2.00 bits per heavy atom. The topological polar surface area (TPSA) is 21.3 Å². The second-order valence-electron chi connectivity index (χ2n) is 2.91. The number of alkyl halides is 2. The summed E-state index contributed by atoms with van der Waals surface area (Å²) in [6, 6.07) is 6.40. The van der Waals surface area contributed by atoms with Gasteiger partial charge >= 0.3 is 6.61 Å². The third-order valence-corrected chi connectivity index (χ3v) is 1.76. The van der Waals surface area contributed by atoms with Crippen LogP contribution in [0.4, 0.5) is 14.5 Å². The largest absolute Gasteiger partial charge is 0.435 e. The molecule has 0 amide bonds. The van der Waals surface area contributed by atoms with Crippen molar-refractivity contribution in [2.45, 2.75) is 13.0 Å². The van der Waals surface area contributed by atoms with Gasteiger partial charge in [0.15, 0.2) is 0 Å². The van der Waals surface area contributed by atoms with E-state index in [-0.39, 0.29) is 5.75 Å². The molecule has 0 fully saturated rings. The minimum atomic E-state index is -2.77. The fourth-order valence-electron chi connectivity index (χ4n) is 1.07. The third kappa shape index (κ3) is 4.44. The number of nitrogens with one attached hydrogen (secondary N) is 1. The van der Waals surface area contributed by atoms with Crippen LogP contribution in [0.1, 0.15) is 6.42 Å². The Labute approximate surface area is 87.6 Å². The van der Waals surface area contributed by atoms with Crippen LogP contribution in [0.15, 0.2) is 36.9 Å². The van der Waals surface area contributed by atoms with E-state index in [2.05, 4.69) is 16.6 Å². The number of ether oxygens (including phenoxy) is 1. The van der Waals surface area contributed by atoms with Gasteiger partial charge in [-0.05, 0) is 30.7 Å². The van der Waals surface area contributed by atoms with Gasteiger partial charge in [-0.2, -0.15) is 8.78 Å². The predicted molar refractivity (Wildman–Crippen MR) is 56.4 cm³/mol. The van der Waals surface area contributed by atoms with E-state index in [1.165, 1.54) is 12.1 Å². The highest BCUT2D eigenvalue weighted by Gasteiger charge is 2.02. The van der Waals surface area contributed by atoms with Crippen LogP contribution in [0.2, 0.25) is 0 Å². The summed E-state index contributed by atoms with van der Waals surface area (Å²) in [4.78, 5) is 0. The van der Waals surface area contributed by atoms with Gasteiger partial charge < -0.3 is 10.1 Å². The van der Waals surface area contributed by atoms with Gasteiger partial charge in [0.2, 0.25) is 0 Å². The van der Waals surface area contributed by atoms with E-state index < -0.39 is 6.61 Å². The second kappa shape index (κ2) is 6.01. The van der Waals surface area contributed by atoms with E-state index in [9.17, 15) is 8.78 Å². The van der Waals surface area contributed by atoms with E-state index in [4.69, 9.17) is 0 Å². The van der Waals surface area contributed by atoms with E-state index in [0.29, 0.717) is 0 Å². The van der Waals surface area contributed by atoms with Gasteiger partial charge in [0.25, 0.3) is 0 Å². The standard InChI is InChI=1S/C11H13F2NO/c1-2-3-8-14-9-4-6-10(7-5-9)15-11(12)13/h2,4-7,11,14H,1,3,8H2. The van der Waals surface area contributed by atoms with E-state index in [1.54, 1.807) is 18.2 Å². The molecule has 0 bridgehead atoms. The number of rotatable bonds is 6. The van der Waals surface area contributed by atoms with Crippen molar-refractivity contribution in [1.29, 1.82) is 0 Å². The van der Waals surface area contributed by atoms with Crippen molar-refractivity contribution < 1.29 is 13.5 Å². The average molecular weight is 213 g/mol. The molecule has 0 aliphatic heterocycles. The van der Waals surface area contributed by atoms with Crippen LogP contribution in [-0.4, -0.2) is 13.2 Å². The number of hydrogen-bond donors (Lipinski definition) is 1. The lowest BCUT2D eigenvalue weighted by atomic mass is 10.3. The van der Waals surface area contributed by atoms with Crippen LogP contribution in [0.25, 0.3) is 0 Å². The molecule has 0 spiro atoms. The van der Waals surface area contributed by atoms with Crippen molar-refractivity contribution in [2.75, 3.05) is 11.9 Å². The highest BCUT2D eigenvalue weighted by atomic mass is 19.3. The Balaban J connectivity index is 2.45. The Kier molecular flexibility index (Phi) is 4.60.